The molecule has 15 heavy (non-hydrogen) atoms. The molecule has 0 aromatic carbocycles. The van der Waals surface area contributed by atoms with Gasteiger partial charge >= 0.3 is 0 Å². The molecule has 0 radical (unpaired) electrons. The van der Waals surface area contributed by atoms with Crippen molar-refractivity contribution in [2.24, 2.45) is 0 Å². The maximum atomic E-state index is 5.75. The standard InChI is InChI=1S/C14H28O/c1-4-7-8-9-10-11-12-14(6-3)15-13-5-2/h4,7,14H,5-6,8-13H2,1-3H3. The summed E-state index contributed by atoms with van der Waals surface area (Å²) in [6, 6.07) is 0. The number of rotatable bonds is 10. The van der Waals surface area contributed by atoms with Crippen molar-refractivity contribution in [3.05, 3.63) is 12.2 Å². The molecule has 0 aliphatic heterocycles. The second-order valence-electron chi connectivity index (χ2n) is 4.11. The van der Waals surface area contributed by atoms with Crippen LogP contribution in [-0.2, 0) is 4.74 Å². The molecule has 0 saturated carbocycles. The van der Waals surface area contributed by atoms with E-state index in [4.69, 9.17) is 4.74 Å². The second kappa shape index (κ2) is 11.8. The SMILES string of the molecule is CC=CCCCCCC(CC)OCCC. The molecule has 0 aromatic rings. The summed E-state index contributed by atoms with van der Waals surface area (Å²) in [7, 11) is 0. The summed E-state index contributed by atoms with van der Waals surface area (Å²) in [5.74, 6) is 0. The summed E-state index contributed by atoms with van der Waals surface area (Å²) in [6.45, 7) is 7.41. The number of unbranched alkanes of at least 4 members (excludes halogenated alkanes) is 3. The predicted octanol–water partition coefficient (Wildman–Crippen LogP) is 4.72. The van der Waals surface area contributed by atoms with E-state index in [9.17, 15) is 0 Å². The van der Waals surface area contributed by atoms with Gasteiger partial charge in [0.05, 0.1) is 6.10 Å². The van der Waals surface area contributed by atoms with Crippen LogP contribution in [0.15, 0.2) is 12.2 Å². The van der Waals surface area contributed by atoms with Crippen molar-refractivity contribution >= 4 is 0 Å². The molecular weight excluding hydrogens is 184 g/mol. The van der Waals surface area contributed by atoms with Crippen LogP contribution in [0.4, 0.5) is 0 Å². The molecule has 1 nitrogen and oxygen atoms in total. The average molecular weight is 212 g/mol. The Labute approximate surface area is 95.9 Å². The molecule has 0 spiro atoms. The molecule has 90 valence electrons. The highest BCUT2D eigenvalue weighted by Gasteiger charge is 2.04. The highest BCUT2D eigenvalue weighted by Crippen LogP contribution is 2.11. The fourth-order valence-corrected chi connectivity index (χ4v) is 1.67. The molecule has 0 heterocycles. The number of ether oxygens (including phenoxy) is 1. The smallest absolute Gasteiger partial charge is 0.0572 e. The van der Waals surface area contributed by atoms with Crippen LogP contribution in [0.5, 0.6) is 0 Å². The van der Waals surface area contributed by atoms with Crippen LogP contribution in [0.3, 0.4) is 0 Å². The minimum absolute atomic E-state index is 0.506. The summed E-state index contributed by atoms with van der Waals surface area (Å²) in [4.78, 5) is 0. The van der Waals surface area contributed by atoms with Gasteiger partial charge in [-0.1, -0.05) is 38.8 Å². The summed E-state index contributed by atoms with van der Waals surface area (Å²) < 4.78 is 5.75. The lowest BCUT2D eigenvalue weighted by Gasteiger charge is -2.15. The van der Waals surface area contributed by atoms with Crippen LogP contribution < -0.4 is 0 Å². The van der Waals surface area contributed by atoms with Crippen LogP contribution >= 0.6 is 0 Å². The van der Waals surface area contributed by atoms with E-state index in [0.717, 1.165) is 19.4 Å². The molecule has 0 fully saturated rings. The third kappa shape index (κ3) is 9.99. The highest BCUT2D eigenvalue weighted by atomic mass is 16.5. The van der Waals surface area contributed by atoms with E-state index in [1.54, 1.807) is 0 Å². The molecule has 0 aliphatic rings. The largest absolute Gasteiger partial charge is 0.378 e. The van der Waals surface area contributed by atoms with Crippen molar-refractivity contribution in [2.45, 2.75) is 71.8 Å². The quantitative estimate of drug-likeness (QED) is 0.376. The Hall–Kier alpha value is -0.300. The lowest BCUT2D eigenvalue weighted by atomic mass is 10.1. The number of allylic oxidation sites excluding steroid dienone is 2. The van der Waals surface area contributed by atoms with Crippen LogP contribution in [0.2, 0.25) is 0 Å². The zero-order valence-electron chi connectivity index (χ0n) is 10.8. The van der Waals surface area contributed by atoms with Crippen molar-refractivity contribution in [3.8, 4) is 0 Å². The van der Waals surface area contributed by atoms with Gasteiger partial charge in [-0.3, -0.25) is 0 Å². The lowest BCUT2D eigenvalue weighted by Crippen LogP contribution is -2.12. The van der Waals surface area contributed by atoms with Gasteiger partial charge in [0.2, 0.25) is 0 Å². The molecule has 0 amide bonds. The molecule has 0 rings (SSSR count). The fourth-order valence-electron chi connectivity index (χ4n) is 1.67. The first-order chi connectivity index (χ1) is 7.35. The molecule has 1 unspecified atom stereocenters. The molecule has 0 aromatic heterocycles. The number of hydrogen-bond acceptors (Lipinski definition) is 1. The maximum absolute atomic E-state index is 5.75. The minimum atomic E-state index is 0.506. The van der Waals surface area contributed by atoms with Crippen LogP contribution in [-0.4, -0.2) is 12.7 Å². The summed E-state index contributed by atoms with van der Waals surface area (Å²) >= 11 is 0. The zero-order chi connectivity index (χ0) is 11.4. The van der Waals surface area contributed by atoms with Crippen LogP contribution in [0, 0.1) is 0 Å². The molecule has 0 N–H and O–H groups in total. The van der Waals surface area contributed by atoms with Gasteiger partial charge in [0.1, 0.15) is 0 Å². The Morgan fingerprint density at radius 2 is 1.93 bits per heavy atom. The van der Waals surface area contributed by atoms with Crippen LogP contribution in [0.1, 0.15) is 65.7 Å². The van der Waals surface area contributed by atoms with Crippen molar-refractivity contribution in [2.75, 3.05) is 6.61 Å². The first kappa shape index (κ1) is 14.7. The van der Waals surface area contributed by atoms with E-state index in [1.165, 1.54) is 32.1 Å². The summed E-state index contributed by atoms with van der Waals surface area (Å²) in [6.07, 6.45) is 13.7. The van der Waals surface area contributed by atoms with E-state index < -0.39 is 0 Å². The fraction of sp³-hybridized carbons (Fsp3) is 0.857. The minimum Gasteiger partial charge on any atom is -0.378 e. The lowest BCUT2D eigenvalue weighted by molar-refractivity contribution is 0.0436. The Morgan fingerprint density at radius 3 is 2.53 bits per heavy atom. The van der Waals surface area contributed by atoms with Crippen LogP contribution in [0.25, 0.3) is 0 Å². The molecule has 1 heteroatoms. The van der Waals surface area contributed by atoms with E-state index in [2.05, 4.69) is 32.9 Å². The van der Waals surface area contributed by atoms with Crippen molar-refractivity contribution < 1.29 is 4.74 Å². The highest BCUT2D eigenvalue weighted by molar-refractivity contribution is 4.76. The van der Waals surface area contributed by atoms with Crippen molar-refractivity contribution in [3.63, 3.8) is 0 Å². The normalized spacial score (nSPS) is 13.5. The monoisotopic (exact) mass is 212 g/mol. The first-order valence-corrected chi connectivity index (χ1v) is 6.57. The van der Waals surface area contributed by atoms with Crippen molar-refractivity contribution in [1.29, 1.82) is 0 Å². The van der Waals surface area contributed by atoms with Gasteiger partial charge in [0.25, 0.3) is 0 Å². The Morgan fingerprint density at radius 1 is 1.13 bits per heavy atom. The van der Waals surface area contributed by atoms with Gasteiger partial charge in [-0.25, -0.2) is 0 Å². The Kier molecular flexibility index (Phi) is 11.5. The predicted molar refractivity (Wildman–Crippen MR) is 68.2 cm³/mol. The van der Waals surface area contributed by atoms with Gasteiger partial charge in [-0.15, -0.1) is 0 Å². The van der Waals surface area contributed by atoms with Gasteiger partial charge < -0.3 is 4.74 Å². The molecule has 1 atom stereocenters. The van der Waals surface area contributed by atoms with Gasteiger partial charge in [0, 0.05) is 6.61 Å². The topological polar surface area (TPSA) is 9.23 Å². The third-order valence-corrected chi connectivity index (χ3v) is 2.65. The molecular formula is C14H28O. The zero-order valence-corrected chi connectivity index (χ0v) is 10.8. The molecule has 0 bridgehead atoms. The van der Waals surface area contributed by atoms with E-state index in [0.29, 0.717) is 6.10 Å². The van der Waals surface area contributed by atoms with E-state index in [-0.39, 0.29) is 0 Å². The van der Waals surface area contributed by atoms with Crippen molar-refractivity contribution in [1.82, 2.24) is 0 Å². The Balaban J connectivity index is 3.29. The Bertz CT molecular complexity index is 140. The van der Waals surface area contributed by atoms with E-state index in [1.807, 2.05) is 0 Å². The summed E-state index contributed by atoms with van der Waals surface area (Å²) in [5, 5.41) is 0. The van der Waals surface area contributed by atoms with Gasteiger partial charge in [-0.2, -0.15) is 0 Å². The summed E-state index contributed by atoms with van der Waals surface area (Å²) in [5.41, 5.74) is 0. The van der Waals surface area contributed by atoms with E-state index >= 15 is 0 Å². The molecule has 0 saturated heterocycles. The average Bonchev–Trinajstić information content (AvgIpc) is 2.27. The molecule has 0 aliphatic carbocycles. The second-order valence-corrected chi connectivity index (χ2v) is 4.11. The van der Waals surface area contributed by atoms with Gasteiger partial charge in [0.15, 0.2) is 0 Å². The van der Waals surface area contributed by atoms with Gasteiger partial charge in [-0.05, 0) is 39.0 Å². The maximum Gasteiger partial charge on any atom is 0.0572 e. The first-order valence-electron chi connectivity index (χ1n) is 6.57. The number of hydrogen-bond donors (Lipinski definition) is 0. The third-order valence-electron chi connectivity index (χ3n) is 2.65.